The fraction of sp³-hybridized carbons (Fsp3) is 0.167. The number of hydrogen-bond acceptors (Lipinski definition) is 3. The second-order valence-corrected chi connectivity index (χ2v) is 2.65. The van der Waals surface area contributed by atoms with Crippen LogP contribution in [-0.2, 0) is 0 Å². The van der Waals surface area contributed by atoms with Crippen molar-refractivity contribution in [2.24, 2.45) is 0 Å². The first kappa shape index (κ1) is 9.18. The van der Waals surface area contributed by atoms with Gasteiger partial charge in [0.1, 0.15) is 5.82 Å². The smallest absolute Gasteiger partial charge is 0.387 e. The summed E-state index contributed by atoms with van der Waals surface area (Å²) in [5.74, 6) is 0.211. The fourth-order valence-corrected chi connectivity index (χ4v) is 1.05. The van der Waals surface area contributed by atoms with Crippen molar-refractivity contribution in [1.29, 1.82) is 0 Å². The van der Waals surface area contributed by atoms with Gasteiger partial charge >= 0.3 is 6.61 Å². The highest BCUT2D eigenvalue weighted by molar-refractivity contribution is 9.10. The highest BCUT2D eigenvalue weighted by atomic mass is 79.9. The van der Waals surface area contributed by atoms with E-state index in [-0.39, 0.29) is 16.2 Å². The molecule has 0 saturated carbocycles. The van der Waals surface area contributed by atoms with Crippen LogP contribution in [0.4, 0.5) is 14.6 Å². The van der Waals surface area contributed by atoms with Crippen LogP contribution in [0.15, 0.2) is 16.7 Å². The first-order valence-corrected chi connectivity index (χ1v) is 3.75. The Labute approximate surface area is 75.7 Å². The topological polar surface area (TPSA) is 48.1 Å². The number of alkyl halides is 2. The molecule has 0 saturated heterocycles. The summed E-state index contributed by atoms with van der Waals surface area (Å²) in [6.45, 7) is -2.85. The average Bonchev–Trinajstić information content (AvgIpc) is 1.94. The van der Waals surface area contributed by atoms with Crippen LogP contribution < -0.4 is 10.5 Å². The van der Waals surface area contributed by atoms with Gasteiger partial charge in [0.25, 0.3) is 0 Å². The molecular weight excluding hydrogens is 234 g/mol. The van der Waals surface area contributed by atoms with Gasteiger partial charge in [0, 0.05) is 0 Å². The van der Waals surface area contributed by atoms with E-state index in [0.717, 1.165) is 0 Å². The molecule has 0 aliphatic carbocycles. The van der Waals surface area contributed by atoms with Crippen LogP contribution in [0.3, 0.4) is 0 Å². The highest BCUT2D eigenvalue weighted by Gasteiger charge is 2.08. The number of nitrogens with two attached hydrogens (primary N) is 1. The van der Waals surface area contributed by atoms with E-state index in [0.29, 0.717) is 0 Å². The van der Waals surface area contributed by atoms with E-state index in [4.69, 9.17) is 5.73 Å². The van der Waals surface area contributed by atoms with Crippen LogP contribution in [0, 0.1) is 0 Å². The molecule has 66 valence electrons. The molecule has 0 unspecified atom stereocenters. The Morgan fingerprint density at radius 2 is 2.17 bits per heavy atom. The lowest BCUT2D eigenvalue weighted by Crippen LogP contribution is -2.03. The predicted molar refractivity (Wildman–Crippen MR) is 43.0 cm³/mol. The van der Waals surface area contributed by atoms with E-state index in [1.54, 1.807) is 0 Å². The van der Waals surface area contributed by atoms with Gasteiger partial charge < -0.3 is 10.5 Å². The Bertz CT molecular complexity index is 282. The third kappa shape index (κ3) is 2.30. The highest BCUT2D eigenvalue weighted by Crippen LogP contribution is 2.24. The minimum atomic E-state index is -2.85. The quantitative estimate of drug-likeness (QED) is 0.803. The van der Waals surface area contributed by atoms with E-state index < -0.39 is 6.61 Å². The molecule has 1 rings (SSSR count). The van der Waals surface area contributed by atoms with Crippen LogP contribution in [0.5, 0.6) is 5.75 Å². The maximum Gasteiger partial charge on any atom is 0.387 e. The van der Waals surface area contributed by atoms with Crippen molar-refractivity contribution in [2.45, 2.75) is 6.61 Å². The number of aromatic nitrogens is 1. The van der Waals surface area contributed by atoms with Crippen molar-refractivity contribution >= 4 is 21.7 Å². The van der Waals surface area contributed by atoms with Crippen LogP contribution >= 0.6 is 15.9 Å². The average molecular weight is 239 g/mol. The maximum atomic E-state index is 11.7. The summed E-state index contributed by atoms with van der Waals surface area (Å²) in [5.41, 5.74) is 5.27. The normalized spacial score (nSPS) is 10.3. The number of nitrogens with zero attached hydrogens (tertiary/aromatic N) is 1. The number of anilines is 1. The number of nitrogen functional groups attached to an aromatic ring is 1. The summed E-state index contributed by atoms with van der Waals surface area (Å²) in [7, 11) is 0. The minimum absolute atomic E-state index is 0.0285. The zero-order valence-electron chi connectivity index (χ0n) is 5.80. The molecular formula is C6H5BrF2N2O. The van der Waals surface area contributed by atoms with Crippen molar-refractivity contribution in [3.63, 3.8) is 0 Å². The molecule has 1 aromatic heterocycles. The summed E-state index contributed by atoms with van der Waals surface area (Å²) < 4.78 is 27.7. The van der Waals surface area contributed by atoms with Gasteiger partial charge in [0.2, 0.25) is 0 Å². The Hall–Kier alpha value is -0.910. The molecule has 0 aliphatic heterocycles. The molecule has 12 heavy (non-hydrogen) atoms. The van der Waals surface area contributed by atoms with Gasteiger partial charge in [0.15, 0.2) is 10.4 Å². The zero-order valence-corrected chi connectivity index (χ0v) is 7.38. The Kier molecular flexibility index (Phi) is 2.80. The number of hydrogen-bond donors (Lipinski definition) is 1. The molecule has 1 aromatic rings. The van der Waals surface area contributed by atoms with Crippen molar-refractivity contribution < 1.29 is 13.5 Å². The summed E-state index contributed by atoms with van der Waals surface area (Å²) >= 11 is 2.93. The fourth-order valence-electron chi connectivity index (χ4n) is 0.619. The SMILES string of the molecule is Nc1ccc(OC(F)F)c(Br)n1. The lowest BCUT2D eigenvalue weighted by molar-refractivity contribution is -0.0506. The molecule has 2 N–H and O–H groups in total. The lowest BCUT2D eigenvalue weighted by Gasteiger charge is -2.05. The van der Waals surface area contributed by atoms with Gasteiger partial charge in [-0.3, -0.25) is 0 Å². The van der Waals surface area contributed by atoms with Crippen molar-refractivity contribution in [1.82, 2.24) is 4.98 Å². The molecule has 0 atom stereocenters. The summed E-state index contributed by atoms with van der Waals surface area (Å²) in [6.07, 6.45) is 0. The third-order valence-electron chi connectivity index (χ3n) is 1.05. The van der Waals surface area contributed by atoms with E-state index in [2.05, 4.69) is 25.7 Å². The third-order valence-corrected chi connectivity index (χ3v) is 1.62. The van der Waals surface area contributed by atoms with Gasteiger partial charge in [-0.05, 0) is 28.1 Å². The molecule has 0 radical (unpaired) electrons. The number of ether oxygens (including phenoxy) is 1. The molecule has 1 heterocycles. The Morgan fingerprint density at radius 1 is 1.50 bits per heavy atom. The van der Waals surface area contributed by atoms with Gasteiger partial charge in [-0.25, -0.2) is 4.98 Å². The number of halogens is 3. The van der Waals surface area contributed by atoms with Gasteiger partial charge in [-0.15, -0.1) is 0 Å². The summed E-state index contributed by atoms with van der Waals surface area (Å²) in [6, 6.07) is 2.70. The van der Waals surface area contributed by atoms with E-state index in [1.807, 2.05) is 0 Å². The molecule has 6 heteroatoms. The number of rotatable bonds is 2. The predicted octanol–water partition coefficient (Wildman–Crippen LogP) is 2.03. The van der Waals surface area contributed by atoms with Crippen molar-refractivity contribution in [2.75, 3.05) is 5.73 Å². The monoisotopic (exact) mass is 238 g/mol. The molecule has 0 amide bonds. The largest absolute Gasteiger partial charge is 0.432 e. The van der Waals surface area contributed by atoms with Gasteiger partial charge in [-0.1, -0.05) is 0 Å². The molecule has 0 aromatic carbocycles. The van der Waals surface area contributed by atoms with Crippen LogP contribution in [0.25, 0.3) is 0 Å². The Balaban J connectivity index is 2.86. The van der Waals surface area contributed by atoms with Crippen LogP contribution in [-0.4, -0.2) is 11.6 Å². The number of pyridine rings is 1. The van der Waals surface area contributed by atoms with Gasteiger partial charge in [0.05, 0.1) is 0 Å². The summed E-state index contributed by atoms with van der Waals surface area (Å²) in [4.78, 5) is 3.66. The van der Waals surface area contributed by atoms with Gasteiger partial charge in [-0.2, -0.15) is 8.78 Å². The summed E-state index contributed by atoms with van der Waals surface area (Å²) in [5, 5.41) is 0. The second-order valence-electron chi connectivity index (χ2n) is 1.90. The standard InChI is InChI=1S/C6H5BrF2N2O/c7-5-3(12-6(8)9)1-2-4(10)11-5/h1-2,6H,(H2,10,11). The zero-order chi connectivity index (χ0) is 9.14. The van der Waals surface area contributed by atoms with E-state index in [9.17, 15) is 8.78 Å². The van der Waals surface area contributed by atoms with Crippen molar-refractivity contribution in [3.05, 3.63) is 16.7 Å². The molecule has 0 fully saturated rings. The molecule has 3 nitrogen and oxygen atoms in total. The minimum Gasteiger partial charge on any atom is -0.432 e. The second kappa shape index (κ2) is 3.66. The maximum absolute atomic E-state index is 11.7. The first-order chi connectivity index (χ1) is 5.59. The molecule has 0 spiro atoms. The van der Waals surface area contributed by atoms with Crippen molar-refractivity contribution in [3.8, 4) is 5.75 Å². The lowest BCUT2D eigenvalue weighted by atomic mass is 10.4. The molecule has 0 aliphatic rings. The van der Waals surface area contributed by atoms with E-state index >= 15 is 0 Å². The van der Waals surface area contributed by atoms with Crippen LogP contribution in [0.1, 0.15) is 0 Å². The first-order valence-electron chi connectivity index (χ1n) is 2.96. The van der Waals surface area contributed by atoms with E-state index in [1.165, 1.54) is 12.1 Å². The Morgan fingerprint density at radius 3 is 2.67 bits per heavy atom. The van der Waals surface area contributed by atoms with Crippen LogP contribution in [0.2, 0.25) is 0 Å². The molecule has 0 bridgehead atoms.